The van der Waals surface area contributed by atoms with Crippen LogP contribution in [0.3, 0.4) is 0 Å². The van der Waals surface area contributed by atoms with Crippen molar-refractivity contribution in [1.82, 2.24) is 9.55 Å². The van der Waals surface area contributed by atoms with Gasteiger partial charge in [0.05, 0.1) is 0 Å². The van der Waals surface area contributed by atoms with E-state index in [-0.39, 0.29) is 12.2 Å². The Morgan fingerprint density at radius 2 is 2.29 bits per heavy atom. The van der Waals surface area contributed by atoms with Crippen molar-refractivity contribution in [2.45, 2.75) is 33.2 Å². The van der Waals surface area contributed by atoms with Gasteiger partial charge < -0.3 is 15.0 Å². The Labute approximate surface area is 102 Å². The molecule has 0 aliphatic rings. The highest BCUT2D eigenvalue weighted by Gasteiger charge is 2.08. The molecule has 1 heterocycles. The van der Waals surface area contributed by atoms with Crippen LogP contribution in [0.5, 0.6) is 0 Å². The van der Waals surface area contributed by atoms with Crippen LogP contribution < -0.4 is 10.9 Å². The summed E-state index contributed by atoms with van der Waals surface area (Å²) in [6, 6.07) is 0. The summed E-state index contributed by atoms with van der Waals surface area (Å²) in [5.74, 6) is 0.766. The van der Waals surface area contributed by atoms with E-state index in [2.05, 4.69) is 17.2 Å². The Hall–Kier alpha value is -1.36. The number of rotatable bonds is 7. The highest BCUT2D eigenvalue weighted by Crippen LogP contribution is 2.07. The van der Waals surface area contributed by atoms with Gasteiger partial charge in [-0.1, -0.05) is 13.3 Å². The molecule has 0 radical (unpaired) electrons. The lowest BCUT2D eigenvalue weighted by Gasteiger charge is -2.14. The summed E-state index contributed by atoms with van der Waals surface area (Å²) in [4.78, 5) is 15.9. The van der Waals surface area contributed by atoms with Crippen molar-refractivity contribution in [3.63, 3.8) is 0 Å². The number of nitrogens with one attached hydrogen (secondary N) is 1. The van der Waals surface area contributed by atoms with Gasteiger partial charge in [-0.15, -0.1) is 0 Å². The maximum Gasteiger partial charge on any atom is 0.293 e. The second kappa shape index (κ2) is 7.06. The monoisotopic (exact) mass is 239 g/mol. The Kier molecular flexibility index (Phi) is 5.69. The van der Waals surface area contributed by atoms with Crippen LogP contribution >= 0.6 is 0 Å². The molecule has 1 aromatic heterocycles. The lowest BCUT2D eigenvalue weighted by molar-refractivity contribution is 0.258. The molecule has 1 rings (SSSR count). The third kappa shape index (κ3) is 3.85. The zero-order valence-electron chi connectivity index (χ0n) is 10.5. The summed E-state index contributed by atoms with van der Waals surface area (Å²) in [6.07, 6.45) is 5.03. The maximum absolute atomic E-state index is 11.8. The zero-order chi connectivity index (χ0) is 12.7. The number of aryl methyl sites for hydroxylation is 1. The lowest BCUT2D eigenvalue weighted by atomic mass is 10.0. The van der Waals surface area contributed by atoms with Crippen molar-refractivity contribution in [3.05, 3.63) is 22.7 Å². The molecule has 0 fully saturated rings. The van der Waals surface area contributed by atoms with E-state index in [0.29, 0.717) is 24.8 Å². The van der Waals surface area contributed by atoms with Crippen LogP contribution in [-0.2, 0) is 6.54 Å². The number of hydrogen-bond acceptors (Lipinski definition) is 4. The van der Waals surface area contributed by atoms with E-state index in [9.17, 15) is 4.79 Å². The molecule has 0 saturated heterocycles. The quantitative estimate of drug-likeness (QED) is 0.747. The minimum atomic E-state index is -0.0890. The van der Waals surface area contributed by atoms with Crippen molar-refractivity contribution in [3.8, 4) is 0 Å². The van der Waals surface area contributed by atoms with E-state index in [0.717, 1.165) is 12.8 Å². The van der Waals surface area contributed by atoms with Gasteiger partial charge in [0.25, 0.3) is 5.56 Å². The molecule has 2 N–H and O–H groups in total. The lowest BCUT2D eigenvalue weighted by Crippen LogP contribution is -2.26. The van der Waals surface area contributed by atoms with Gasteiger partial charge >= 0.3 is 0 Å². The van der Waals surface area contributed by atoms with Crippen molar-refractivity contribution in [2.24, 2.45) is 5.92 Å². The first-order valence-electron chi connectivity index (χ1n) is 6.13. The minimum absolute atomic E-state index is 0.0890. The predicted octanol–water partition coefficient (Wildman–Crippen LogP) is 1.08. The molecule has 0 amide bonds. The molecule has 0 spiro atoms. The topological polar surface area (TPSA) is 67.2 Å². The molecule has 0 aliphatic heterocycles. The van der Waals surface area contributed by atoms with E-state index >= 15 is 0 Å². The zero-order valence-corrected chi connectivity index (χ0v) is 10.5. The number of aliphatic hydroxyl groups excluding tert-OH is 1. The maximum atomic E-state index is 11.8. The summed E-state index contributed by atoms with van der Waals surface area (Å²) in [5, 5.41) is 12.0. The van der Waals surface area contributed by atoms with Crippen LogP contribution in [-0.4, -0.2) is 27.8 Å². The van der Waals surface area contributed by atoms with E-state index in [1.807, 2.05) is 6.92 Å². The van der Waals surface area contributed by atoms with Gasteiger partial charge in [-0.05, 0) is 19.3 Å². The Balaban J connectivity index is 2.65. The van der Waals surface area contributed by atoms with Crippen LogP contribution in [0.4, 0.5) is 5.82 Å². The number of nitrogens with zero attached hydrogens (tertiary/aromatic N) is 2. The van der Waals surface area contributed by atoms with Gasteiger partial charge in [0.2, 0.25) is 0 Å². The fourth-order valence-electron chi connectivity index (χ4n) is 1.69. The van der Waals surface area contributed by atoms with Crippen LogP contribution in [0.25, 0.3) is 0 Å². The van der Waals surface area contributed by atoms with Gasteiger partial charge in [-0.3, -0.25) is 4.79 Å². The molecule has 1 unspecified atom stereocenters. The highest BCUT2D eigenvalue weighted by molar-refractivity contribution is 5.30. The van der Waals surface area contributed by atoms with Crippen LogP contribution in [0, 0.1) is 5.92 Å². The van der Waals surface area contributed by atoms with Gasteiger partial charge in [0.15, 0.2) is 5.82 Å². The molecule has 5 heteroatoms. The SMILES string of the molecule is CCC(CCO)CNc1nccn(CC)c1=O. The average molecular weight is 239 g/mol. The van der Waals surface area contributed by atoms with Crippen molar-refractivity contribution in [1.29, 1.82) is 0 Å². The molecular weight excluding hydrogens is 218 g/mol. The summed E-state index contributed by atoms with van der Waals surface area (Å²) >= 11 is 0. The van der Waals surface area contributed by atoms with Gasteiger partial charge in [0, 0.05) is 32.1 Å². The number of aromatic nitrogens is 2. The first-order valence-corrected chi connectivity index (χ1v) is 6.13. The van der Waals surface area contributed by atoms with E-state index in [4.69, 9.17) is 5.11 Å². The van der Waals surface area contributed by atoms with E-state index in [1.54, 1.807) is 17.0 Å². The van der Waals surface area contributed by atoms with Crippen molar-refractivity contribution >= 4 is 5.82 Å². The van der Waals surface area contributed by atoms with Gasteiger partial charge in [0.1, 0.15) is 0 Å². The highest BCUT2D eigenvalue weighted by atomic mass is 16.3. The first kappa shape index (κ1) is 13.7. The fourth-order valence-corrected chi connectivity index (χ4v) is 1.69. The van der Waals surface area contributed by atoms with Gasteiger partial charge in [-0.2, -0.15) is 0 Å². The molecule has 17 heavy (non-hydrogen) atoms. The molecule has 1 aromatic rings. The fraction of sp³-hybridized carbons (Fsp3) is 0.667. The summed E-state index contributed by atoms with van der Waals surface area (Å²) in [5.41, 5.74) is -0.0890. The predicted molar refractivity (Wildman–Crippen MR) is 68.1 cm³/mol. The third-order valence-corrected chi connectivity index (χ3v) is 2.93. The van der Waals surface area contributed by atoms with Crippen LogP contribution in [0.1, 0.15) is 26.7 Å². The second-order valence-electron chi connectivity index (χ2n) is 4.03. The molecule has 5 nitrogen and oxygen atoms in total. The Morgan fingerprint density at radius 3 is 2.88 bits per heavy atom. The second-order valence-corrected chi connectivity index (χ2v) is 4.03. The molecular formula is C12H21N3O2. The number of anilines is 1. The average Bonchev–Trinajstić information content (AvgIpc) is 2.36. The van der Waals surface area contributed by atoms with E-state index < -0.39 is 0 Å². The summed E-state index contributed by atoms with van der Waals surface area (Å²) in [7, 11) is 0. The third-order valence-electron chi connectivity index (χ3n) is 2.93. The summed E-state index contributed by atoms with van der Waals surface area (Å²) in [6.45, 7) is 5.50. The van der Waals surface area contributed by atoms with Gasteiger partial charge in [-0.25, -0.2) is 4.98 Å². The van der Waals surface area contributed by atoms with Crippen molar-refractivity contribution < 1.29 is 5.11 Å². The number of aliphatic hydroxyl groups is 1. The molecule has 96 valence electrons. The minimum Gasteiger partial charge on any atom is -0.396 e. The molecule has 0 saturated carbocycles. The summed E-state index contributed by atoms with van der Waals surface area (Å²) < 4.78 is 1.61. The van der Waals surface area contributed by atoms with Crippen molar-refractivity contribution in [2.75, 3.05) is 18.5 Å². The standard InChI is InChI=1S/C12H21N3O2/c1-3-10(5-8-16)9-14-11-12(17)15(4-2)7-6-13-11/h6-7,10,16H,3-5,8-9H2,1-2H3,(H,13,14). The Morgan fingerprint density at radius 1 is 1.53 bits per heavy atom. The van der Waals surface area contributed by atoms with Crippen LogP contribution in [0.2, 0.25) is 0 Å². The molecule has 1 atom stereocenters. The smallest absolute Gasteiger partial charge is 0.293 e. The molecule has 0 bridgehead atoms. The van der Waals surface area contributed by atoms with E-state index in [1.165, 1.54) is 0 Å². The molecule has 0 aromatic carbocycles. The van der Waals surface area contributed by atoms with Crippen LogP contribution in [0.15, 0.2) is 17.2 Å². The Bertz CT molecular complexity index is 390. The molecule has 0 aliphatic carbocycles. The largest absolute Gasteiger partial charge is 0.396 e. The normalized spacial score (nSPS) is 12.4. The number of hydrogen-bond donors (Lipinski definition) is 2. The first-order chi connectivity index (χ1) is 8.22.